The molecule has 1 saturated carbocycles. The summed E-state index contributed by atoms with van der Waals surface area (Å²) in [5, 5.41) is 5.22. The predicted molar refractivity (Wildman–Crippen MR) is 114 cm³/mol. The number of rotatable bonds is 5. The van der Waals surface area contributed by atoms with Crippen molar-refractivity contribution in [3.63, 3.8) is 0 Å². The smallest absolute Gasteiger partial charge is 0.408 e. The van der Waals surface area contributed by atoms with E-state index in [0.29, 0.717) is 12.8 Å². The van der Waals surface area contributed by atoms with Gasteiger partial charge in [0.2, 0.25) is 5.91 Å². The minimum atomic E-state index is -1.04. The third kappa shape index (κ3) is 5.09. The SMILES string of the molecule is CSc1ccccc1-c1ccc(NC(=O)C2(NC(=O)OC(C)(C)C)CC2)c(F)c1. The average Bonchev–Trinajstić information content (AvgIpc) is 3.42. The Morgan fingerprint density at radius 1 is 1.14 bits per heavy atom. The molecule has 29 heavy (non-hydrogen) atoms. The molecule has 2 aromatic carbocycles. The lowest BCUT2D eigenvalue weighted by Gasteiger charge is -2.23. The van der Waals surface area contributed by atoms with Crippen LogP contribution in [0.15, 0.2) is 47.4 Å². The van der Waals surface area contributed by atoms with Crippen molar-refractivity contribution in [2.24, 2.45) is 0 Å². The first kappa shape index (κ1) is 21.2. The zero-order valence-corrected chi connectivity index (χ0v) is 17.8. The highest BCUT2D eigenvalue weighted by atomic mass is 32.2. The molecular formula is C22H25FN2O3S. The molecule has 2 aromatic rings. The maximum Gasteiger partial charge on any atom is 0.408 e. The molecule has 154 valence electrons. The van der Waals surface area contributed by atoms with Gasteiger partial charge in [0, 0.05) is 4.90 Å². The van der Waals surface area contributed by atoms with Crippen molar-refractivity contribution in [3.8, 4) is 11.1 Å². The number of nitrogens with one attached hydrogen (secondary N) is 2. The highest BCUT2D eigenvalue weighted by molar-refractivity contribution is 7.98. The van der Waals surface area contributed by atoms with Crippen molar-refractivity contribution in [3.05, 3.63) is 48.3 Å². The van der Waals surface area contributed by atoms with Gasteiger partial charge in [-0.3, -0.25) is 4.79 Å². The van der Waals surface area contributed by atoms with Gasteiger partial charge in [0.25, 0.3) is 0 Å². The van der Waals surface area contributed by atoms with Crippen LogP contribution < -0.4 is 10.6 Å². The van der Waals surface area contributed by atoms with E-state index in [1.165, 1.54) is 6.07 Å². The number of halogens is 1. The second-order valence-corrected chi connectivity index (χ2v) is 8.91. The van der Waals surface area contributed by atoms with Crippen LogP contribution in [0.2, 0.25) is 0 Å². The van der Waals surface area contributed by atoms with Gasteiger partial charge < -0.3 is 15.4 Å². The largest absolute Gasteiger partial charge is 0.444 e. The van der Waals surface area contributed by atoms with Crippen molar-refractivity contribution in [2.45, 2.75) is 49.6 Å². The molecule has 5 nitrogen and oxygen atoms in total. The van der Waals surface area contributed by atoms with Crippen molar-refractivity contribution >= 4 is 29.4 Å². The molecule has 7 heteroatoms. The van der Waals surface area contributed by atoms with Gasteiger partial charge in [-0.15, -0.1) is 11.8 Å². The number of alkyl carbamates (subject to hydrolysis) is 1. The fraction of sp³-hybridized carbons (Fsp3) is 0.364. The van der Waals surface area contributed by atoms with E-state index in [9.17, 15) is 14.0 Å². The Balaban J connectivity index is 1.72. The van der Waals surface area contributed by atoms with Gasteiger partial charge in [0.15, 0.2) is 0 Å². The van der Waals surface area contributed by atoms with Crippen LogP contribution in [0, 0.1) is 5.82 Å². The maximum absolute atomic E-state index is 14.7. The lowest BCUT2D eigenvalue weighted by Crippen LogP contribution is -2.48. The summed E-state index contributed by atoms with van der Waals surface area (Å²) in [5.41, 5.74) is 0.0445. The first-order valence-corrected chi connectivity index (χ1v) is 10.6. The number of amides is 2. The Morgan fingerprint density at radius 2 is 1.83 bits per heavy atom. The van der Waals surface area contributed by atoms with Gasteiger partial charge in [-0.1, -0.05) is 24.3 Å². The van der Waals surface area contributed by atoms with Crippen molar-refractivity contribution in [2.75, 3.05) is 11.6 Å². The molecule has 2 amide bonds. The van der Waals surface area contributed by atoms with Gasteiger partial charge in [-0.2, -0.15) is 0 Å². The molecule has 0 heterocycles. The Kier molecular flexibility index (Phi) is 5.89. The van der Waals surface area contributed by atoms with Crippen molar-refractivity contribution in [1.29, 1.82) is 0 Å². The van der Waals surface area contributed by atoms with Gasteiger partial charge in [0.05, 0.1) is 5.69 Å². The predicted octanol–water partition coefficient (Wildman–Crippen LogP) is 5.21. The van der Waals surface area contributed by atoms with E-state index in [1.54, 1.807) is 44.7 Å². The molecular weight excluding hydrogens is 391 g/mol. The van der Waals surface area contributed by atoms with E-state index in [2.05, 4.69) is 10.6 Å². The zero-order valence-electron chi connectivity index (χ0n) is 17.0. The summed E-state index contributed by atoms with van der Waals surface area (Å²) in [6.07, 6.45) is 2.28. The molecule has 0 saturated heterocycles. The van der Waals surface area contributed by atoms with E-state index in [0.717, 1.165) is 16.0 Å². The third-order valence-electron chi connectivity index (χ3n) is 4.56. The fourth-order valence-electron chi connectivity index (χ4n) is 2.94. The molecule has 0 aromatic heterocycles. The molecule has 0 bridgehead atoms. The summed E-state index contributed by atoms with van der Waals surface area (Å²) >= 11 is 1.59. The highest BCUT2D eigenvalue weighted by Gasteiger charge is 2.52. The van der Waals surface area contributed by atoms with Crippen LogP contribution in [-0.4, -0.2) is 29.4 Å². The lowest BCUT2D eigenvalue weighted by atomic mass is 10.0. The molecule has 2 N–H and O–H groups in total. The number of ether oxygens (including phenoxy) is 1. The first-order chi connectivity index (χ1) is 13.6. The molecule has 1 fully saturated rings. The second-order valence-electron chi connectivity index (χ2n) is 8.06. The molecule has 1 aliphatic carbocycles. The van der Waals surface area contributed by atoms with Crippen molar-refractivity contribution in [1.82, 2.24) is 5.32 Å². The number of carbonyl (C=O) groups excluding carboxylic acids is 2. The molecule has 0 aliphatic heterocycles. The van der Waals surface area contributed by atoms with Crippen LogP contribution in [0.25, 0.3) is 11.1 Å². The summed E-state index contributed by atoms with van der Waals surface area (Å²) in [7, 11) is 0. The van der Waals surface area contributed by atoms with Crippen LogP contribution in [-0.2, 0) is 9.53 Å². The monoisotopic (exact) mass is 416 g/mol. The summed E-state index contributed by atoms with van der Waals surface area (Å²) in [6, 6.07) is 12.5. The number of anilines is 1. The highest BCUT2D eigenvalue weighted by Crippen LogP contribution is 2.38. The summed E-state index contributed by atoms with van der Waals surface area (Å²) < 4.78 is 19.9. The Labute approximate surface area is 174 Å². The fourth-order valence-corrected chi connectivity index (χ4v) is 3.56. The summed E-state index contributed by atoms with van der Waals surface area (Å²) in [6.45, 7) is 5.25. The van der Waals surface area contributed by atoms with E-state index < -0.39 is 29.0 Å². The zero-order chi connectivity index (χ0) is 21.2. The third-order valence-corrected chi connectivity index (χ3v) is 5.36. The number of hydrogen-bond donors (Lipinski definition) is 2. The first-order valence-electron chi connectivity index (χ1n) is 9.39. The summed E-state index contributed by atoms with van der Waals surface area (Å²) in [5.74, 6) is -0.973. The Hall–Kier alpha value is -2.54. The molecule has 0 atom stereocenters. The quantitative estimate of drug-likeness (QED) is 0.657. The maximum atomic E-state index is 14.7. The molecule has 3 rings (SSSR count). The number of thioether (sulfide) groups is 1. The van der Waals surface area contributed by atoms with Gasteiger partial charge in [-0.05, 0) is 69.2 Å². The Morgan fingerprint density at radius 3 is 2.41 bits per heavy atom. The molecule has 1 aliphatic rings. The molecule has 0 radical (unpaired) electrons. The van der Waals surface area contributed by atoms with Gasteiger partial charge >= 0.3 is 6.09 Å². The number of hydrogen-bond acceptors (Lipinski definition) is 4. The van der Waals surface area contributed by atoms with Crippen LogP contribution >= 0.6 is 11.8 Å². The standard InChI is InChI=1S/C22H25FN2O3S/c1-21(2,3)28-20(27)25-22(11-12-22)19(26)24-17-10-9-14(13-16(17)23)15-7-5-6-8-18(15)29-4/h5-10,13H,11-12H2,1-4H3,(H,24,26)(H,25,27). The second kappa shape index (κ2) is 8.06. The number of carbonyl (C=O) groups is 2. The van der Waals surface area contributed by atoms with Crippen LogP contribution in [0.1, 0.15) is 33.6 Å². The van der Waals surface area contributed by atoms with E-state index in [4.69, 9.17) is 4.74 Å². The van der Waals surface area contributed by atoms with Crippen molar-refractivity contribution < 1.29 is 18.7 Å². The van der Waals surface area contributed by atoms with E-state index in [1.807, 2.05) is 30.5 Å². The number of benzene rings is 2. The van der Waals surface area contributed by atoms with Gasteiger partial charge in [-0.25, -0.2) is 9.18 Å². The van der Waals surface area contributed by atoms with Gasteiger partial charge in [0.1, 0.15) is 17.0 Å². The minimum absolute atomic E-state index is 0.0812. The lowest BCUT2D eigenvalue weighted by molar-refractivity contribution is -0.119. The normalized spacial score (nSPS) is 14.8. The average molecular weight is 417 g/mol. The van der Waals surface area contributed by atoms with Crippen LogP contribution in [0.4, 0.5) is 14.9 Å². The van der Waals surface area contributed by atoms with E-state index >= 15 is 0 Å². The molecule has 0 unspecified atom stereocenters. The summed E-state index contributed by atoms with van der Waals surface area (Å²) in [4.78, 5) is 25.7. The molecule has 0 spiro atoms. The minimum Gasteiger partial charge on any atom is -0.444 e. The van der Waals surface area contributed by atoms with E-state index in [-0.39, 0.29) is 5.69 Å². The Bertz CT molecular complexity index is 936. The van der Waals surface area contributed by atoms with Crippen LogP contribution in [0.5, 0.6) is 0 Å². The van der Waals surface area contributed by atoms with Crippen LogP contribution in [0.3, 0.4) is 0 Å². The topological polar surface area (TPSA) is 67.4 Å².